The average Bonchev–Trinajstić information content (AvgIpc) is 2.46. The molecule has 1 unspecified atom stereocenters. The van der Waals surface area contributed by atoms with Crippen molar-refractivity contribution in [3.05, 3.63) is 29.8 Å². The standard InChI is InChI=1S/C15H18O5/c1-19-14(18)15(8-4-7-13(16)17)9-10-20-12-6-3-2-5-11(12)15/h2-3,5-6H,4,7-10H2,1H3,(H,16,17). The van der Waals surface area contributed by atoms with E-state index in [0.717, 1.165) is 5.56 Å². The van der Waals surface area contributed by atoms with Gasteiger partial charge in [-0.2, -0.15) is 0 Å². The third-order valence-electron chi connectivity index (χ3n) is 3.76. The van der Waals surface area contributed by atoms with Crippen molar-refractivity contribution in [1.29, 1.82) is 0 Å². The number of carboxylic acid groups (broad SMARTS) is 1. The van der Waals surface area contributed by atoms with Gasteiger partial charge in [-0.3, -0.25) is 9.59 Å². The van der Waals surface area contributed by atoms with E-state index in [1.807, 2.05) is 24.3 Å². The molecule has 20 heavy (non-hydrogen) atoms. The lowest BCUT2D eigenvalue weighted by Crippen LogP contribution is -2.41. The van der Waals surface area contributed by atoms with Crippen molar-refractivity contribution in [1.82, 2.24) is 0 Å². The Bertz CT molecular complexity index is 511. The van der Waals surface area contributed by atoms with E-state index in [2.05, 4.69) is 0 Å². The monoisotopic (exact) mass is 278 g/mol. The summed E-state index contributed by atoms with van der Waals surface area (Å²) >= 11 is 0. The number of carbonyl (C=O) groups is 2. The van der Waals surface area contributed by atoms with E-state index in [0.29, 0.717) is 31.6 Å². The van der Waals surface area contributed by atoms with Crippen molar-refractivity contribution >= 4 is 11.9 Å². The number of carboxylic acids is 1. The van der Waals surface area contributed by atoms with Gasteiger partial charge in [0.15, 0.2) is 0 Å². The lowest BCUT2D eigenvalue weighted by Gasteiger charge is -2.36. The summed E-state index contributed by atoms with van der Waals surface area (Å²) in [5.41, 5.74) is 0.00228. The number of methoxy groups -OCH3 is 1. The van der Waals surface area contributed by atoms with Crippen LogP contribution in [0.25, 0.3) is 0 Å². The summed E-state index contributed by atoms with van der Waals surface area (Å²) in [5.74, 6) is -0.497. The fourth-order valence-corrected chi connectivity index (χ4v) is 2.77. The molecule has 108 valence electrons. The number of ether oxygens (including phenoxy) is 2. The molecule has 1 atom stereocenters. The van der Waals surface area contributed by atoms with E-state index in [4.69, 9.17) is 14.6 Å². The predicted molar refractivity (Wildman–Crippen MR) is 71.7 cm³/mol. The highest BCUT2D eigenvalue weighted by Gasteiger charge is 2.45. The molecule has 0 fully saturated rings. The zero-order valence-corrected chi connectivity index (χ0v) is 11.4. The van der Waals surface area contributed by atoms with Crippen LogP contribution in [0.15, 0.2) is 24.3 Å². The summed E-state index contributed by atoms with van der Waals surface area (Å²) < 4.78 is 10.5. The highest BCUT2D eigenvalue weighted by molar-refractivity contribution is 5.84. The van der Waals surface area contributed by atoms with E-state index in [1.54, 1.807) is 0 Å². The number of benzene rings is 1. The topological polar surface area (TPSA) is 72.8 Å². The Morgan fingerprint density at radius 2 is 2.15 bits per heavy atom. The molecule has 5 nitrogen and oxygen atoms in total. The number of hydrogen-bond donors (Lipinski definition) is 1. The van der Waals surface area contributed by atoms with E-state index in [9.17, 15) is 9.59 Å². The maximum Gasteiger partial charge on any atom is 0.316 e. The minimum Gasteiger partial charge on any atom is -0.493 e. The number of aliphatic carboxylic acids is 1. The average molecular weight is 278 g/mol. The Morgan fingerprint density at radius 1 is 1.40 bits per heavy atom. The minimum atomic E-state index is -0.856. The van der Waals surface area contributed by atoms with Crippen molar-refractivity contribution in [3.63, 3.8) is 0 Å². The zero-order chi connectivity index (χ0) is 14.6. The van der Waals surface area contributed by atoms with Crippen molar-refractivity contribution < 1.29 is 24.2 Å². The number of para-hydroxylation sites is 1. The molecule has 1 heterocycles. The van der Waals surface area contributed by atoms with Gasteiger partial charge in [0.1, 0.15) is 5.75 Å². The maximum atomic E-state index is 12.3. The van der Waals surface area contributed by atoms with Gasteiger partial charge in [0.25, 0.3) is 0 Å². The summed E-state index contributed by atoms with van der Waals surface area (Å²) in [4.78, 5) is 23.0. The molecule has 5 heteroatoms. The van der Waals surface area contributed by atoms with Crippen LogP contribution in [0.5, 0.6) is 5.75 Å². The second kappa shape index (κ2) is 5.94. The van der Waals surface area contributed by atoms with Crippen LogP contribution in [0.1, 0.15) is 31.2 Å². The van der Waals surface area contributed by atoms with Crippen LogP contribution >= 0.6 is 0 Å². The predicted octanol–water partition coefficient (Wildman–Crippen LogP) is 2.13. The van der Waals surface area contributed by atoms with Gasteiger partial charge in [-0.1, -0.05) is 18.2 Å². The van der Waals surface area contributed by atoms with Gasteiger partial charge < -0.3 is 14.6 Å². The van der Waals surface area contributed by atoms with Gasteiger partial charge in [-0.15, -0.1) is 0 Å². The smallest absolute Gasteiger partial charge is 0.316 e. The highest BCUT2D eigenvalue weighted by atomic mass is 16.5. The van der Waals surface area contributed by atoms with Gasteiger partial charge >= 0.3 is 11.9 Å². The zero-order valence-electron chi connectivity index (χ0n) is 11.4. The van der Waals surface area contributed by atoms with Gasteiger partial charge in [0, 0.05) is 18.4 Å². The van der Waals surface area contributed by atoms with Crippen LogP contribution in [0.4, 0.5) is 0 Å². The molecule has 1 aromatic carbocycles. The molecule has 1 aliphatic heterocycles. The second-order valence-electron chi connectivity index (χ2n) is 4.92. The van der Waals surface area contributed by atoms with Gasteiger partial charge in [-0.05, 0) is 18.9 Å². The summed E-state index contributed by atoms with van der Waals surface area (Å²) in [6.45, 7) is 0.430. The quantitative estimate of drug-likeness (QED) is 0.835. The minimum absolute atomic E-state index is 0.0434. The van der Waals surface area contributed by atoms with E-state index in [1.165, 1.54) is 7.11 Å². The molecule has 0 bridgehead atoms. The Labute approximate surface area is 117 Å². The number of fused-ring (bicyclic) bond motifs is 1. The van der Waals surface area contributed by atoms with Crippen LogP contribution in [0.2, 0.25) is 0 Å². The first-order valence-corrected chi connectivity index (χ1v) is 6.63. The molecule has 1 N–H and O–H groups in total. The fraction of sp³-hybridized carbons (Fsp3) is 0.467. The number of carbonyl (C=O) groups excluding carboxylic acids is 1. The molecule has 0 aromatic heterocycles. The Balaban J connectivity index is 2.33. The number of hydrogen-bond acceptors (Lipinski definition) is 4. The molecule has 1 aliphatic rings. The SMILES string of the molecule is COC(=O)C1(CCCC(=O)O)CCOc2ccccc21. The van der Waals surface area contributed by atoms with Crippen LogP contribution in [-0.4, -0.2) is 30.8 Å². The first-order valence-electron chi connectivity index (χ1n) is 6.63. The van der Waals surface area contributed by atoms with E-state index >= 15 is 0 Å². The molecule has 0 saturated heterocycles. The van der Waals surface area contributed by atoms with Crippen molar-refractivity contribution in [2.45, 2.75) is 31.1 Å². The normalized spacial score (nSPS) is 20.6. The fourth-order valence-electron chi connectivity index (χ4n) is 2.77. The van der Waals surface area contributed by atoms with Gasteiger partial charge in [0.2, 0.25) is 0 Å². The molecule has 0 aliphatic carbocycles. The summed E-state index contributed by atoms with van der Waals surface area (Å²) in [6.07, 6.45) is 1.43. The van der Waals surface area contributed by atoms with Crippen molar-refractivity contribution in [3.8, 4) is 5.75 Å². The van der Waals surface area contributed by atoms with E-state index < -0.39 is 11.4 Å². The third kappa shape index (κ3) is 2.61. The van der Waals surface area contributed by atoms with Crippen LogP contribution in [0, 0.1) is 0 Å². The first kappa shape index (κ1) is 14.4. The molecule has 2 rings (SSSR count). The maximum absolute atomic E-state index is 12.3. The molecular formula is C15H18O5. The molecule has 0 amide bonds. The molecular weight excluding hydrogens is 260 g/mol. The number of rotatable bonds is 5. The Morgan fingerprint density at radius 3 is 2.85 bits per heavy atom. The first-order chi connectivity index (χ1) is 9.60. The summed E-state index contributed by atoms with van der Waals surface area (Å²) in [5, 5.41) is 8.78. The summed E-state index contributed by atoms with van der Waals surface area (Å²) in [7, 11) is 1.36. The lowest BCUT2D eigenvalue weighted by molar-refractivity contribution is -0.150. The summed E-state index contributed by atoms with van der Waals surface area (Å²) in [6, 6.07) is 7.38. The molecule has 1 aromatic rings. The van der Waals surface area contributed by atoms with Crippen LogP contribution < -0.4 is 4.74 Å². The Kier molecular flexibility index (Phi) is 4.27. The largest absolute Gasteiger partial charge is 0.493 e. The van der Waals surface area contributed by atoms with Gasteiger partial charge in [-0.25, -0.2) is 0 Å². The molecule has 0 spiro atoms. The third-order valence-corrected chi connectivity index (χ3v) is 3.76. The molecule has 0 saturated carbocycles. The number of esters is 1. The van der Waals surface area contributed by atoms with Crippen LogP contribution in [0.3, 0.4) is 0 Å². The van der Waals surface area contributed by atoms with E-state index in [-0.39, 0.29) is 12.4 Å². The van der Waals surface area contributed by atoms with Crippen molar-refractivity contribution in [2.75, 3.05) is 13.7 Å². The van der Waals surface area contributed by atoms with Crippen molar-refractivity contribution in [2.24, 2.45) is 0 Å². The second-order valence-corrected chi connectivity index (χ2v) is 4.92. The molecule has 0 radical (unpaired) electrons. The highest BCUT2D eigenvalue weighted by Crippen LogP contribution is 2.43. The Hall–Kier alpha value is -2.04. The lowest BCUT2D eigenvalue weighted by atomic mass is 9.72. The van der Waals surface area contributed by atoms with Gasteiger partial charge in [0.05, 0.1) is 19.1 Å². The van der Waals surface area contributed by atoms with Crippen LogP contribution in [-0.2, 0) is 19.7 Å².